The number of likely N-dealkylation sites (tertiary alicyclic amines) is 1. The van der Waals surface area contributed by atoms with Crippen molar-refractivity contribution in [1.82, 2.24) is 15.1 Å². The molecule has 4 atom stereocenters. The van der Waals surface area contributed by atoms with Crippen molar-refractivity contribution in [1.29, 1.82) is 0 Å². The van der Waals surface area contributed by atoms with Crippen LogP contribution < -0.4 is 5.32 Å². The van der Waals surface area contributed by atoms with Crippen LogP contribution in [0.1, 0.15) is 42.0 Å². The summed E-state index contributed by atoms with van der Waals surface area (Å²) in [7, 11) is 0. The summed E-state index contributed by atoms with van der Waals surface area (Å²) >= 11 is 2.56. The number of nitrogens with zero attached hydrogens (tertiary/aromatic N) is 2. The van der Waals surface area contributed by atoms with Gasteiger partial charge < -0.3 is 15.3 Å². The molecule has 2 aromatic rings. The number of thioether (sulfide) groups is 2. The van der Waals surface area contributed by atoms with E-state index in [9.17, 15) is 24.3 Å². The van der Waals surface area contributed by atoms with Crippen molar-refractivity contribution in [3.63, 3.8) is 0 Å². The third kappa shape index (κ3) is 6.72. The van der Waals surface area contributed by atoms with Gasteiger partial charge in [0.2, 0.25) is 16.9 Å². The molecule has 2 saturated heterocycles. The molecule has 0 radical (unpaired) electrons. The molecule has 0 spiro atoms. The van der Waals surface area contributed by atoms with Crippen molar-refractivity contribution in [2.24, 2.45) is 0 Å². The highest BCUT2D eigenvalue weighted by atomic mass is 32.2. The Morgan fingerprint density at radius 3 is 2.48 bits per heavy atom. The first-order chi connectivity index (χ1) is 19.4. The molecule has 212 valence electrons. The van der Waals surface area contributed by atoms with Crippen molar-refractivity contribution in [3.05, 3.63) is 71.3 Å². The van der Waals surface area contributed by atoms with Crippen LogP contribution in [0.5, 0.6) is 0 Å². The second-order valence-electron chi connectivity index (χ2n) is 10.6. The number of carbonyl (C=O) groups is 4. The van der Waals surface area contributed by atoms with Crippen LogP contribution >= 0.6 is 23.5 Å². The minimum atomic E-state index is -1.05. The summed E-state index contributed by atoms with van der Waals surface area (Å²) in [4.78, 5) is 56.6. The van der Waals surface area contributed by atoms with Crippen LogP contribution in [0.25, 0.3) is 0 Å². The van der Waals surface area contributed by atoms with Gasteiger partial charge in [-0.1, -0.05) is 72.8 Å². The summed E-state index contributed by atoms with van der Waals surface area (Å²) in [5.74, 6) is -0.905. The quantitative estimate of drug-likeness (QED) is 0.490. The third-order valence-corrected chi connectivity index (χ3v) is 10.0. The molecule has 0 bridgehead atoms. The zero-order chi connectivity index (χ0) is 28.1. The standard InChI is InChI=1S/C30H35N3O5S2/c34-27(17-32-13-7-2-8-14-32)40-26(15-20-9-3-1-4-10-20)28(35)31-23-16-21-11-5-6-12-22(21)24-18-39-19-25(30(37)38)33(24)29(23)36/h1,3-6,9-12,23-26H,2,7-8,13-19H2,(H,31,35)(H,37,38)/t23-,24+,25-,26+/m1/s1. The highest BCUT2D eigenvalue weighted by Gasteiger charge is 2.45. The number of hydrogen-bond donors (Lipinski definition) is 2. The normalized spacial score (nSPS) is 23.9. The minimum absolute atomic E-state index is 0.0606. The highest BCUT2D eigenvalue weighted by Crippen LogP contribution is 2.38. The zero-order valence-electron chi connectivity index (χ0n) is 22.4. The Kier molecular flexibility index (Phi) is 9.49. The fourth-order valence-corrected chi connectivity index (χ4v) is 8.08. The second kappa shape index (κ2) is 13.2. The number of amides is 2. The van der Waals surface area contributed by atoms with Gasteiger partial charge >= 0.3 is 5.97 Å². The Morgan fingerprint density at radius 2 is 1.73 bits per heavy atom. The first-order valence-corrected chi connectivity index (χ1v) is 15.9. The van der Waals surface area contributed by atoms with Crippen LogP contribution in [0.3, 0.4) is 0 Å². The number of piperidine rings is 1. The van der Waals surface area contributed by atoms with Crippen LogP contribution in [0.15, 0.2) is 54.6 Å². The highest BCUT2D eigenvalue weighted by molar-refractivity contribution is 8.14. The lowest BCUT2D eigenvalue weighted by molar-refractivity contribution is -0.152. The summed E-state index contributed by atoms with van der Waals surface area (Å²) in [5.41, 5.74) is 2.78. The zero-order valence-corrected chi connectivity index (χ0v) is 24.0. The maximum absolute atomic E-state index is 13.9. The first kappa shape index (κ1) is 28.7. The van der Waals surface area contributed by atoms with Crippen LogP contribution in [0.4, 0.5) is 0 Å². The number of rotatable bonds is 8. The van der Waals surface area contributed by atoms with Gasteiger partial charge in [-0.2, -0.15) is 11.8 Å². The monoisotopic (exact) mass is 581 g/mol. The maximum Gasteiger partial charge on any atom is 0.327 e. The van der Waals surface area contributed by atoms with E-state index in [-0.39, 0.29) is 29.4 Å². The minimum Gasteiger partial charge on any atom is -0.480 e. The van der Waals surface area contributed by atoms with Gasteiger partial charge in [0.25, 0.3) is 0 Å². The van der Waals surface area contributed by atoms with Gasteiger partial charge in [0, 0.05) is 17.9 Å². The SMILES string of the molecule is O=C(CN1CCCCC1)S[C@@H](Cc1ccccc1)C(=O)N[C@@H]1Cc2ccccc2[C@@H]2CSC[C@H](C(=O)O)N2C1=O. The van der Waals surface area contributed by atoms with Crippen LogP contribution in [0.2, 0.25) is 0 Å². The summed E-state index contributed by atoms with van der Waals surface area (Å²) in [6.07, 6.45) is 3.94. The summed E-state index contributed by atoms with van der Waals surface area (Å²) in [6, 6.07) is 15.0. The lowest BCUT2D eigenvalue weighted by Crippen LogP contribution is -2.57. The first-order valence-electron chi connectivity index (χ1n) is 13.9. The maximum atomic E-state index is 13.9. The molecule has 2 aromatic carbocycles. The Balaban J connectivity index is 1.38. The van der Waals surface area contributed by atoms with E-state index in [1.54, 1.807) is 0 Å². The largest absolute Gasteiger partial charge is 0.480 e. The molecule has 3 aliphatic rings. The van der Waals surface area contributed by atoms with E-state index >= 15 is 0 Å². The van der Waals surface area contributed by atoms with Crippen LogP contribution in [-0.4, -0.2) is 86.3 Å². The van der Waals surface area contributed by atoms with E-state index in [0.29, 0.717) is 24.5 Å². The smallest absolute Gasteiger partial charge is 0.327 e. The van der Waals surface area contributed by atoms with Gasteiger partial charge in [0.1, 0.15) is 12.1 Å². The van der Waals surface area contributed by atoms with Crippen molar-refractivity contribution in [3.8, 4) is 0 Å². The number of hydrogen-bond acceptors (Lipinski definition) is 7. The summed E-state index contributed by atoms with van der Waals surface area (Å²) in [6.45, 7) is 2.07. The molecule has 8 nitrogen and oxygen atoms in total. The Hall–Kier alpha value is -2.82. The number of carbonyl (C=O) groups excluding carboxylic acids is 3. The molecule has 3 aliphatic heterocycles. The predicted octanol–water partition coefficient (Wildman–Crippen LogP) is 3.15. The van der Waals surface area contributed by atoms with E-state index in [1.165, 1.54) is 23.1 Å². The van der Waals surface area contributed by atoms with E-state index in [2.05, 4.69) is 10.2 Å². The van der Waals surface area contributed by atoms with Crippen molar-refractivity contribution < 1.29 is 24.3 Å². The van der Waals surface area contributed by atoms with E-state index in [0.717, 1.165) is 54.4 Å². The Morgan fingerprint density at radius 1 is 1.00 bits per heavy atom. The topological polar surface area (TPSA) is 107 Å². The van der Waals surface area contributed by atoms with Gasteiger partial charge in [-0.05, 0) is 49.0 Å². The van der Waals surface area contributed by atoms with Crippen molar-refractivity contribution in [2.45, 2.75) is 55.5 Å². The number of nitrogens with one attached hydrogen (secondary N) is 1. The molecule has 0 unspecified atom stereocenters. The Labute approximate surface area is 243 Å². The number of carboxylic acids is 1. The Bertz CT molecular complexity index is 1240. The van der Waals surface area contributed by atoms with E-state index in [1.807, 2.05) is 54.6 Å². The molecule has 3 heterocycles. The average Bonchev–Trinajstić information content (AvgIpc) is 3.08. The predicted molar refractivity (Wildman–Crippen MR) is 157 cm³/mol. The molecule has 40 heavy (non-hydrogen) atoms. The average molecular weight is 582 g/mol. The van der Waals surface area contributed by atoms with Crippen molar-refractivity contribution in [2.75, 3.05) is 31.1 Å². The van der Waals surface area contributed by atoms with Gasteiger partial charge in [0.05, 0.1) is 17.8 Å². The number of fused-ring (bicyclic) bond motifs is 3. The molecule has 2 N–H and O–H groups in total. The van der Waals surface area contributed by atoms with Crippen molar-refractivity contribution >= 4 is 46.4 Å². The summed E-state index contributed by atoms with van der Waals surface area (Å²) < 4.78 is 0. The molecule has 5 rings (SSSR count). The van der Waals surface area contributed by atoms with Gasteiger partial charge in [-0.25, -0.2) is 4.79 Å². The fraction of sp³-hybridized carbons (Fsp3) is 0.467. The number of benzene rings is 2. The molecule has 10 heteroatoms. The lowest BCUT2D eigenvalue weighted by atomic mass is 9.98. The molecular formula is C30H35N3O5S2. The molecular weight excluding hydrogens is 546 g/mol. The number of aliphatic carboxylic acids is 1. The number of carboxylic acid groups (broad SMARTS) is 1. The lowest BCUT2D eigenvalue weighted by Gasteiger charge is -2.40. The third-order valence-electron chi connectivity index (χ3n) is 7.85. The molecule has 2 fully saturated rings. The van der Waals surface area contributed by atoms with Gasteiger partial charge in [0.15, 0.2) is 0 Å². The van der Waals surface area contributed by atoms with Gasteiger partial charge in [-0.15, -0.1) is 0 Å². The molecule has 0 aromatic heterocycles. The van der Waals surface area contributed by atoms with Crippen LogP contribution in [-0.2, 0) is 32.0 Å². The second-order valence-corrected chi connectivity index (χ2v) is 13.0. The van der Waals surface area contributed by atoms with E-state index in [4.69, 9.17) is 0 Å². The molecule has 0 saturated carbocycles. The van der Waals surface area contributed by atoms with Crippen LogP contribution in [0, 0.1) is 0 Å². The summed E-state index contributed by atoms with van der Waals surface area (Å²) in [5, 5.41) is 12.1. The van der Waals surface area contributed by atoms with Gasteiger partial charge in [-0.3, -0.25) is 19.3 Å². The molecule has 2 amide bonds. The fourth-order valence-electron chi connectivity index (χ4n) is 5.83. The molecule has 0 aliphatic carbocycles. The van der Waals surface area contributed by atoms with E-state index < -0.39 is 23.3 Å².